The molecule has 0 N–H and O–H groups in total. The second kappa shape index (κ2) is 6.75. The van der Waals surface area contributed by atoms with Gasteiger partial charge in [0.05, 0.1) is 26.3 Å². The van der Waals surface area contributed by atoms with Crippen LogP contribution in [0.3, 0.4) is 0 Å². The van der Waals surface area contributed by atoms with Crippen LogP contribution in [0.2, 0.25) is 0 Å². The van der Waals surface area contributed by atoms with Gasteiger partial charge in [-0.2, -0.15) is 0 Å². The number of rotatable bonds is 5. The summed E-state index contributed by atoms with van der Waals surface area (Å²) < 4.78 is 4.62. The van der Waals surface area contributed by atoms with E-state index in [4.69, 9.17) is 4.84 Å². The summed E-state index contributed by atoms with van der Waals surface area (Å²) in [5.41, 5.74) is 1.30. The molecule has 0 aliphatic heterocycles. The second-order valence-corrected chi connectivity index (χ2v) is 3.97. The molecule has 0 fully saturated rings. The summed E-state index contributed by atoms with van der Waals surface area (Å²) in [5.74, 6) is -0.550. The molecule has 0 aliphatic carbocycles. The smallest absolute Gasteiger partial charge is 0.337 e. The Balaban J connectivity index is 2.70. The van der Waals surface area contributed by atoms with E-state index in [1.54, 1.807) is 43.3 Å². The van der Waals surface area contributed by atoms with Crippen molar-refractivity contribution in [3.8, 4) is 0 Å². The van der Waals surface area contributed by atoms with Crippen LogP contribution in [0.15, 0.2) is 24.3 Å². The maximum Gasteiger partial charge on any atom is 0.337 e. The monoisotopic (exact) mass is 266 g/mol. The minimum absolute atomic E-state index is 0.165. The SMILES string of the molecule is COC(=O)c1ccc(N(C)CC(=O)N(C)OC)cc1. The summed E-state index contributed by atoms with van der Waals surface area (Å²) in [7, 11) is 6.11. The Bertz CT molecular complexity index is 444. The number of methoxy groups -OCH3 is 1. The molecular formula is C13H18N2O4. The highest BCUT2D eigenvalue weighted by Crippen LogP contribution is 2.14. The predicted octanol–water partition coefficient (Wildman–Crippen LogP) is 0.929. The van der Waals surface area contributed by atoms with E-state index in [0.29, 0.717) is 5.56 Å². The van der Waals surface area contributed by atoms with E-state index in [0.717, 1.165) is 5.69 Å². The molecule has 0 bridgehead atoms. The Morgan fingerprint density at radius 1 is 1.11 bits per heavy atom. The van der Waals surface area contributed by atoms with Crippen molar-refractivity contribution in [2.24, 2.45) is 0 Å². The summed E-state index contributed by atoms with van der Waals surface area (Å²) in [6.07, 6.45) is 0. The summed E-state index contributed by atoms with van der Waals surface area (Å²) in [4.78, 5) is 29.5. The average Bonchev–Trinajstić information content (AvgIpc) is 2.45. The number of nitrogens with zero attached hydrogens (tertiary/aromatic N) is 2. The Kier molecular flexibility index (Phi) is 5.32. The molecule has 0 spiro atoms. The molecule has 6 nitrogen and oxygen atoms in total. The maximum atomic E-state index is 11.7. The molecule has 1 aromatic carbocycles. The molecule has 1 aromatic rings. The van der Waals surface area contributed by atoms with Crippen LogP contribution in [0.5, 0.6) is 0 Å². The zero-order valence-electron chi connectivity index (χ0n) is 11.5. The number of amides is 1. The van der Waals surface area contributed by atoms with Crippen molar-refractivity contribution in [3.63, 3.8) is 0 Å². The molecule has 0 heterocycles. The first kappa shape index (κ1) is 15.0. The van der Waals surface area contributed by atoms with Crippen molar-refractivity contribution in [1.29, 1.82) is 0 Å². The first-order valence-corrected chi connectivity index (χ1v) is 5.69. The fourth-order valence-electron chi connectivity index (χ4n) is 1.47. The quantitative estimate of drug-likeness (QED) is 0.586. The van der Waals surface area contributed by atoms with E-state index in [2.05, 4.69) is 4.74 Å². The zero-order chi connectivity index (χ0) is 14.4. The van der Waals surface area contributed by atoms with Crippen LogP contribution < -0.4 is 4.90 Å². The first-order chi connectivity index (χ1) is 8.99. The molecule has 19 heavy (non-hydrogen) atoms. The van der Waals surface area contributed by atoms with Crippen LogP contribution in [0.25, 0.3) is 0 Å². The van der Waals surface area contributed by atoms with Gasteiger partial charge in [-0.05, 0) is 24.3 Å². The van der Waals surface area contributed by atoms with Gasteiger partial charge in [-0.3, -0.25) is 9.63 Å². The highest BCUT2D eigenvalue weighted by Gasteiger charge is 2.12. The molecule has 1 amide bonds. The third-order valence-corrected chi connectivity index (χ3v) is 2.73. The Labute approximate surface area is 112 Å². The summed E-state index contributed by atoms with van der Waals surface area (Å²) >= 11 is 0. The molecule has 0 radical (unpaired) electrons. The summed E-state index contributed by atoms with van der Waals surface area (Å²) in [6, 6.07) is 6.82. The molecule has 1 rings (SSSR count). The Morgan fingerprint density at radius 3 is 2.16 bits per heavy atom. The largest absolute Gasteiger partial charge is 0.465 e. The van der Waals surface area contributed by atoms with Gasteiger partial charge in [0, 0.05) is 19.8 Å². The average molecular weight is 266 g/mol. The maximum absolute atomic E-state index is 11.7. The Hall–Kier alpha value is -2.08. The third kappa shape index (κ3) is 3.96. The minimum Gasteiger partial charge on any atom is -0.465 e. The van der Waals surface area contributed by atoms with Gasteiger partial charge in [0.1, 0.15) is 0 Å². The summed E-state index contributed by atoms with van der Waals surface area (Å²) in [5, 5.41) is 1.17. The first-order valence-electron chi connectivity index (χ1n) is 5.69. The van der Waals surface area contributed by atoms with Crippen LogP contribution in [0.1, 0.15) is 10.4 Å². The molecule has 104 valence electrons. The van der Waals surface area contributed by atoms with Crippen molar-refractivity contribution in [1.82, 2.24) is 5.06 Å². The predicted molar refractivity (Wildman–Crippen MR) is 70.8 cm³/mol. The van der Waals surface area contributed by atoms with Crippen molar-refractivity contribution in [2.45, 2.75) is 0 Å². The van der Waals surface area contributed by atoms with Crippen molar-refractivity contribution in [2.75, 3.05) is 39.8 Å². The third-order valence-electron chi connectivity index (χ3n) is 2.73. The molecule has 6 heteroatoms. The van der Waals surface area contributed by atoms with E-state index in [1.165, 1.54) is 19.3 Å². The fourth-order valence-corrected chi connectivity index (χ4v) is 1.47. The van der Waals surface area contributed by atoms with Gasteiger partial charge in [-0.15, -0.1) is 0 Å². The number of ether oxygens (including phenoxy) is 1. The van der Waals surface area contributed by atoms with Gasteiger partial charge in [0.15, 0.2) is 0 Å². The molecule has 0 aliphatic rings. The number of esters is 1. The van der Waals surface area contributed by atoms with Gasteiger partial charge in [-0.1, -0.05) is 0 Å². The Morgan fingerprint density at radius 2 is 1.68 bits per heavy atom. The van der Waals surface area contributed by atoms with E-state index >= 15 is 0 Å². The van der Waals surface area contributed by atoms with Crippen molar-refractivity contribution < 1.29 is 19.2 Å². The highest BCUT2D eigenvalue weighted by atomic mass is 16.7. The van der Waals surface area contributed by atoms with Crippen LogP contribution in [0, 0.1) is 0 Å². The number of carbonyl (C=O) groups is 2. The molecule has 0 unspecified atom stereocenters. The highest BCUT2D eigenvalue weighted by molar-refractivity contribution is 5.89. The molecule has 0 saturated carbocycles. The fraction of sp³-hybridized carbons (Fsp3) is 0.385. The normalized spacial score (nSPS) is 9.89. The topological polar surface area (TPSA) is 59.1 Å². The lowest BCUT2D eigenvalue weighted by molar-refractivity contribution is -0.166. The number of hydrogen-bond donors (Lipinski definition) is 0. The van der Waals surface area contributed by atoms with E-state index < -0.39 is 0 Å². The molecule has 0 saturated heterocycles. The van der Waals surface area contributed by atoms with Gasteiger partial charge < -0.3 is 9.64 Å². The van der Waals surface area contributed by atoms with Crippen molar-refractivity contribution >= 4 is 17.6 Å². The lowest BCUT2D eigenvalue weighted by Gasteiger charge is -2.21. The number of likely N-dealkylation sites (N-methyl/N-ethyl adjacent to an activating group) is 2. The second-order valence-electron chi connectivity index (χ2n) is 3.97. The van der Waals surface area contributed by atoms with Gasteiger partial charge in [-0.25, -0.2) is 9.86 Å². The minimum atomic E-state index is -0.385. The van der Waals surface area contributed by atoms with Gasteiger partial charge >= 0.3 is 5.97 Å². The molecule has 0 aromatic heterocycles. The number of carbonyl (C=O) groups excluding carboxylic acids is 2. The number of hydrogen-bond acceptors (Lipinski definition) is 5. The van der Waals surface area contributed by atoms with Crippen LogP contribution in [-0.4, -0.2) is 51.8 Å². The van der Waals surface area contributed by atoms with Gasteiger partial charge in [0.25, 0.3) is 5.91 Å². The number of hydroxylamine groups is 2. The number of anilines is 1. The van der Waals surface area contributed by atoms with E-state index in [1.807, 2.05) is 0 Å². The van der Waals surface area contributed by atoms with Gasteiger partial charge in [0.2, 0.25) is 0 Å². The van der Waals surface area contributed by atoms with E-state index in [-0.39, 0.29) is 18.4 Å². The van der Waals surface area contributed by atoms with Crippen molar-refractivity contribution in [3.05, 3.63) is 29.8 Å². The number of benzene rings is 1. The standard InChI is InChI=1S/C13H18N2O4/c1-14(9-12(16)15(2)19-4)11-7-5-10(6-8-11)13(17)18-3/h5-8H,9H2,1-4H3. The van der Waals surface area contributed by atoms with E-state index in [9.17, 15) is 9.59 Å². The summed E-state index contributed by atoms with van der Waals surface area (Å²) in [6.45, 7) is 0.182. The lowest BCUT2D eigenvalue weighted by Crippen LogP contribution is -2.36. The molecule has 0 atom stereocenters. The van der Waals surface area contributed by atoms with Crippen LogP contribution >= 0.6 is 0 Å². The molecular weight excluding hydrogens is 248 g/mol. The van der Waals surface area contributed by atoms with Crippen LogP contribution in [-0.2, 0) is 14.4 Å². The lowest BCUT2D eigenvalue weighted by atomic mass is 10.2. The zero-order valence-corrected chi connectivity index (χ0v) is 11.5. The van der Waals surface area contributed by atoms with Crippen LogP contribution in [0.4, 0.5) is 5.69 Å².